The van der Waals surface area contributed by atoms with E-state index in [2.05, 4.69) is 25.3 Å². The Balaban J connectivity index is -0.000000256. The van der Waals surface area contributed by atoms with Gasteiger partial charge in [0, 0.05) is 12.8 Å². The molecule has 0 saturated heterocycles. The summed E-state index contributed by atoms with van der Waals surface area (Å²) >= 11 is 8.51. The van der Waals surface area contributed by atoms with Gasteiger partial charge in [0.25, 0.3) is 11.9 Å². The maximum atomic E-state index is 9.87. The Morgan fingerprint density at radius 1 is 0.737 bits per heavy atom. The van der Waals surface area contributed by atoms with Crippen molar-refractivity contribution in [1.82, 2.24) is 0 Å². The van der Waals surface area contributed by atoms with Gasteiger partial charge in [0.05, 0.1) is 0 Å². The van der Waals surface area contributed by atoms with Crippen molar-refractivity contribution in [3.63, 3.8) is 0 Å². The van der Waals surface area contributed by atoms with Crippen LogP contribution in [0.3, 0.4) is 0 Å². The summed E-state index contributed by atoms with van der Waals surface area (Å²) in [5, 5.41) is 29.7. The van der Waals surface area contributed by atoms with Crippen molar-refractivity contribution in [2.75, 3.05) is 0 Å². The fourth-order valence-corrected chi connectivity index (χ4v) is 0.777. The summed E-state index contributed by atoms with van der Waals surface area (Å²) in [6.45, 7) is 0. The number of carboxylic acids is 4. The van der Waals surface area contributed by atoms with Gasteiger partial charge in [-0.25, -0.2) is 0 Å². The molecule has 19 heavy (non-hydrogen) atoms. The van der Waals surface area contributed by atoms with Crippen LogP contribution < -0.4 is 0 Å². The van der Waals surface area contributed by atoms with Crippen LogP contribution in [0.4, 0.5) is 0 Å². The number of carbonyl (C=O) groups is 4. The van der Waals surface area contributed by atoms with Crippen LogP contribution in [0, 0.1) is 0 Å². The second-order valence-electron chi connectivity index (χ2n) is 2.85. The van der Waals surface area contributed by atoms with Crippen LogP contribution in [0.15, 0.2) is 0 Å². The van der Waals surface area contributed by atoms with Gasteiger partial charge in [0.2, 0.25) is 0 Å². The Morgan fingerprint density at radius 2 is 0.947 bits per heavy atom. The molecule has 0 amide bonds. The summed E-state index contributed by atoms with van der Waals surface area (Å²) < 4.78 is 0. The molecule has 0 fully saturated rings. The molecular formula is C8H10AuO8S2-. The molecule has 0 aromatic rings. The van der Waals surface area contributed by atoms with E-state index in [1.807, 2.05) is 0 Å². The molecule has 0 aromatic carbocycles. The Kier molecular flexibility index (Phi) is 15.2. The minimum absolute atomic E-state index is 0. The minimum Gasteiger partial charge on any atom is -0.778 e. The average Bonchev–Trinajstić information content (AvgIpc) is 2.16. The number of carboxylic acid groups (broad SMARTS) is 4. The van der Waals surface area contributed by atoms with Crippen molar-refractivity contribution < 1.29 is 62.0 Å². The van der Waals surface area contributed by atoms with Gasteiger partial charge < -0.3 is 45.7 Å². The van der Waals surface area contributed by atoms with Crippen LogP contribution in [0.2, 0.25) is 0 Å². The van der Waals surface area contributed by atoms with E-state index in [0.717, 1.165) is 0 Å². The first-order valence-electron chi connectivity index (χ1n) is 4.28. The van der Waals surface area contributed by atoms with Crippen molar-refractivity contribution in [1.29, 1.82) is 0 Å². The SMILES string of the molecule is O=C(O)CC([S-])C(=O)O.O=C(O)CC([S-])C(=O)O.[Au+]. The summed E-state index contributed by atoms with van der Waals surface area (Å²) in [6.07, 6.45) is -0.991. The van der Waals surface area contributed by atoms with E-state index in [1.54, 1.807) is 0 Å². The molecule has 114 valence electrons. The second kappa shape index (κ2) is 12.4. The van der Waals surface area contributed by atoms with Crippen LogP contribution in [0.25, 0.3) is 0 Å². The standard InChI is InChI=1S/2C4H6O4S.Au/c2*5-3(6)1-2(9)4(7)8;/h2*2,9H,1H2,(H,5,6)(H,7,8);/q;;+1/p-2. The number of hydrogen-bond donors (Lipinski definition) is 4. The Bertz CT molecular complexity index is 303. The van der Waals surface area contributed by atoms with Gasteiger partial charge in [0.1, 0.15) is 0 Å². The summed E-state index contributed by atoms with van der Waals surface area (Å²) in [4.78, 5) is 39.3. The van der Waals surface area contributed by atoms with Gasteiger partial charge in [-0.3, -0.25) is 19.2 Å². The molecule has 0 aliphatic carbocycles. The summed E-state index contributed by atoms with van der Waals surface area (Å²) in [7, 11) is 0. The topological polar surface area (TPSA) is 149 Å². The summed E-state index contributed by atoms with van der Waals surface area (Å²) in [6, 6.07) is 0. The smallest absolute Gasteiger partial charge is 0.778 e. The van der Waals surface area contributed by atoms with Crippen molar-refractivity contribution in [3.8, 4) is 0 Å². The summed E-state index contributed by atoms with van der Waals surface area (Å²) in [5.74, 6) is -4.88. The Morgan fingerprint density at radius 3 is 1.00 bits per heavy atom. The molecule has 0 radical (unpaired) electrons. The first kappa shape index (κ1) is 23.4. The van der Waals surface area contributed by atoms with Gasteiger partial charge in [-0.15, -0.1) is 0 Å². The van der Waals surface area contributed by atoms with Gasteiger partial charge in [-0.2, -0.15) is 0 Å². The molecule has 0 aliphatic heterocycles. The van der Waals surface area contributed by atoms with Crippen molar-refractivity contribution in [2.45, 2.75) is 23.3 Å². The molecule has 2 atom stereocenters. The zero-order chi connectivity index (χ0) is 14.9. The fraction of sp³-hybridized carbons (Fsp3) is 0.500. The molecular weight excluding hydrogens is 485 g/mol. The Hall–Kier alpha value is -0.680. The molecule has 8 nitrogen and oxygen atoms in total. The zero-order valence-electron chi connectivity index (χ0n) is 9.11. The molecule has 0 aromatic heterocycles. The fourth-order valence-electron chi connectivity index (χ4n) is 0.492. The molecule has 0 saturated carbocycles. The van der Waals surface area contributed by atoms with Gasteiger partial charge in [-0.05, 0) is 0 Å². The third kappa shape index (κ3) is 17.3. The number of hydrogen-bond acceptors (Lipinski definition) is 6. The normalized spacial score (nSPS) is 11.9. The molecule has 0 heterocycles. The van der Waals surface area contributed by atoms with Crippen molar-refractivity contribution in [3.05, 3.63) is 0 Å². The van der Waals surface area contributed by atoms with Crippen molar-refractivity contribution >= 4 is 49.1 Å². The predicted molar refractivity (Wildman–Crippen MR) is 62.1 cm³/mol. The Labute approximate surface area is 134 Å². The second-order valence-corrected chi connectivity index (χ2v) is 3.99. The first-order valence-corrected chi connectivity index (χ1v) is 5.23. The van der Waals surface area contributed by atoms with E-state index < -0.39 is 47.2 Å². The van der Waals surface area contributed by atoms with Gasteiger partial charge in [-0.1, -0.05) is 10.5 Å². The maximum Gasteiger partial charge on any atom is 1.00 e. The summed E-state index contributed by atoms with van der Waals surface area (Å²) in [5.41, 5.74) is 0. The van der Waals surface area contributed by atoms with E-state index in [9.17, 15) is 19.2 Å². The number of rotatable bonds is 6. The van der Waals surface area contributed by atoms with Crippen LogP contribution in [0.5, 0.6) is 0 Å². The molecule has 4 N–H and O–H groups in total. The van der Waals surface area contributed by atoms with E-state index in [0.29, 0.717) is 0 Å². The van der Waals surface area contributed by atoms with Crippen LogP contribution in [0.1, 0.15) is 12.8 Å². The maximum absolute atomic E-state index is 9.87. The molecule has 0 aliphatic rings. The quantitative estimate of drug-likeness (QED) is 0.265. The first-order chi connectivity index (χ1) is 8.07. The van der Waals surface area contributed by atoms with E-state index in [1.165, 1.54) is 0 Å². The largest absolute Gasteiger partial charge is 1.00 e. The minimum atomic E-state index is -1.26. The van der Waals surface area contributed by atoms with Crippen LogP contribution in [-0.4, -0.2) is 54.8 Å². The van der Waals surface area contributed by atoms with E-state index >= 15 is 0 Å². The van der Waals surface area contributed by atoms with Crippen molar-refractivity contribution in [2.24, 2.45) is 0 Å². The third-order valence-corrected chi connectivity index (χ3v) is 2.01. The predicted octanol–water partition coefficient (Wildman–Crippen LogP) is -1.08. The van der Waals surface area contributed by atoms with Gasteiger partial charge >= 0.3 is 34.3 Å². The average molecular weight is 495 g/mol. The molecule has 0 spiro atoms. The molecule has 2 unspecified atom stereocenters. The monoisotopic (exact) mass is 495 g/mol. The zero-order valence-corrected chi connectivity index (χ0v) is 12.9. The molecule has 11 heteroatoms. The number of aliphatic carboxylic acids is 4. The van der Waals surface area contributed by atoms with E-state index in [4.69, 9.17) is 20.4 Å². The molecule has 0 rings (SSSR count). The van der Waals surface area contributed by atoms with E-state index in [-0.39, 0.29) is 22.4 Å². The van der Waals surface area contributed by atoms with Crippen LogP contribution >= 0.6 is 0 Å². The van der Waals surface area contributed by atoms with Gasteiger partial charge in [0.15, 0.2) is 0 Å². The third-order valence-electron chi connectivity index (χ3n) is 1.27. The van der Waals surface area contributed by atoms with Crippen LogP contribution in [-0.2, 0) is 66.8 Å². The molecule has 0 bridgehead atoms.